The molecule has 150 valence electrons. The molecule has 4 rings (SSSR count). The molecule has 0 N–H and O–H groups in total. The topological polar surface area (TPSA) is 30.9 Å². The molecule has 4 unspecified atom stereocenters. The van der Waals surface area contributed by atoms with E-state index in [2.05, 4.69) is 18.9 Å². The van der Waals surface area contributed by atoms with Crippen molar-refractivity contribution >= 4 is 0 Å². The van der Waals surface area contributed by atoms with Crippen LogP contribution < -0.4 is 14.2 Å². The Bertz CT molecular complexity index is 884. The number of likely N-dealkylation sites (N-methyl/N-ethyl adjacent to an activating group) is 1. The van der Waals surface area contributed by atoms with Gasteiger partial charge in [0.1, 0.15) is 11.6 Å². The first-order valence-corrected chi connectivity index (χ1v) is 9.80. The van der Waals surface area contributed by atoms with Crippen molar-refractivity contribution in [1.29, 1.82) is 0 Å². The highest BCUT2D eigenvalue weighted by Gasteiger charge is 2.50. The minimum Gasteiger partial charge on any atom is -0.496 e. The highest BCUT2D eigenvalue weighted by Crippen LogP contribution is 2.58. The van der Waals surface area contributed by atoms with E-state index in [4.69, 9.17) is 14.2 Å². The first-order valence-electron chi connectivity index (χ1n) is 9.80. The van der Waals surface area contributed by atoms with E-state index in [0.717, 1.165) is 29.9 Å². The largest absolute Gasteiger partial charge is 0.496 e. The van der Waals surface area contributed by atoms with Crippen LogP contribution in [0.25, 0.3) is 0 Å². The molecule has 0 radical (unpaired) electrons. The zero-order chi connectivity index (χ0) is 20.0. The summed E-state index contributed by atoms with van der Waals surface area (Å²) < 4.78 is 31.0. The van der Waals surface area contributed by atoms with Crippen molar-refractivity contribution in [1.82, 2.24) is 4.90 Å². The lowest BCUT2D eigenvalue weighted by Gasteiger charge is -2.34. The smallest absolute Gasteiger partial charge is 0.164 e. The molecule has 1 heterocycles. The van der Waals surface area contributed by atoms with Gasteiger partial charge < -0.3 is 14.2 Å². The van der Waals surface area contributed by atoms with E-state index in [1.54, 1.807) is 27.4 Å². The van der Waals surface area contributed by atoms with Gasteiger partial charge in [-0.15, -0.1) is 0 Å². The highest BCUT2D eigenvalue weighted by atomic mass is 19.1. The van der Waals surface area contributed by atoms with Gasteiger partial charge in [0.15, 0.2) is 11.5 Å². The minimum absolute atomic E-state index is 0.179. The summed E-state index contributed by atoms with van der Waals surface area (Å²) in [6.07, 6.45) is 1.90. The van der Waals surface area contributed by atoms with Gasteiger partial charge in [-0.05, 0) is 50.4 Å². The van der Waals surface area contributed by atoms with Crippen LogP contribution in [0.5, 0.6) is 17.2 Å². The summed E-state index contributed by atoms with van der Waals surface area (Å²) >= 11 is 0. The zero-order valence-corrected chi connectivity index (χ0v) is 17.2. The van der Waals surface area contributed by atoms with Crippen molar-refractivity contribution in [2.75, 3.05) is 28.4 Å². The molecule has 1 saturated heterocycles. The molecular weight excluding hydrogens is 357 g/mol. The monoisotopic (exact) mass is 385 g/mol. The summed E-state index contributed by atoms with van der Waals surface area (Å²) in [5.74, 6) is 2.86. The van der Waals surface area contributed by atoms with E-state index < -0.39 is 0 Å². The fourth-order valence-electron chi connectivity index (χ4n) is 5.48. The number of fused-ring (bicyclic) bond motifs is 3. The molecule has 1 aliphatic carbocycles. The Morgan fingerprint density at radius 3 is 2.43 bits per heavy atom. The first-order chi connectivity index (χ1) is 13.5. The predicted octanol–water partition coefficient (Wildman–Crippen LogP) is 4.57. The zero-order valence-electron chi connectivity index (χ0n) is 17.2. The van der Waals surface area contributed by atoms with E-state index in [-0.39, 0.29) is 17.8 Å². The second-order valence-electron chi connectivity index (χ2n) is 7.84. The van der Waals surface area contributed by atoms with Crippen LogP contribution in [0.15, 0.2) is 30.3 Å². The SMILES string of the molecule is COc1cc(OC)c2c(c1OC)CCC1C2C(C)N(C)C1c1cccc(F)c1. The Labute approximate surface area is 166 Å². The van der Waals surface area contributed by atoms with E-state index in [9.17, 15) is 4.39 Å². The standard InChI is InChI=1S/C23H28FNO3/c1-13-20-16(22(25(13)2)14-7-6-8-15(24)11-14)9-10-17-21(20)18(26-3)12-19(27-4)23(17)28-5/h6-8,11-13,16,20,22H,9-10H2,1-5H3. The van der Waals surface area contributed by atoms with Crippen LogP contribution in [0, 0.1) is 11.7 Å². The summed E-state index contributed by atoms with van der Waals surface area (Å²) in [5.41, 5.74) is 3.44. The van der Waals surface area contributed by atoms with Gasteiger partial charge in [-0.2, -0.15) is 0 Å². The number of likely N-dealkylation sites (tertiary alicyclic amines) is 1. The lowest BCUT2D eigenvalue weighted by Crippen LogP contribution is -2.27. The molecule has 1 aliphatic heterocycles. The third-order valence-electron chi connectivity index (χ3n) is 6.71. The van der Waals surface area contributed by atoms with Gasteiger partial charge in [0, 0.05) is 35.2 Å². The summed E-state index contributed by atoms with van der Waals surface area (Å²) in [4.78, 5) is 2.38. The van der Waals surface area contributed by atoms with Crippen LogP contribution in [0.3, 0.4) is 0 Å². The average Bonchev–Trinajstić information content (AvgIpc) is 2.97. The van der Waals surface area contributed by atoms with Gasteiger partial charge in [0.05, 0.1) is 21.3 Å². The first kappa shape index (κ1) is 19.1. The van der Waals surface area contributed by atoms with E-state index in [0.29, 0.717) is 17.7 Å². The quantitative estimate of drug-likeness (QED) is 0.771. The van der Waals surface area contributed by atoms with Gasteiger partial charge in [0.2, 0.25) is 0 Å². The second kappa shape index (κ2) is 7.28. The number of halogens is 1. The molecule has 0 bridgehead atoms. The second-order valence-corrected chi connectivity index (χ2v) is 7.84. The van der Waals surface area contributed by atoms with Gasteiger partial charge in [0.25, 0.3) is 0 Å². The van der Waals surface area contributed by atoms with Crippen molar-refractivity contribution in [2.24, 2.45) is 5.92 Å². The fraction of sp³-hybridized carbons (Fsp3) is 0.478. The number of ether oxygens (including phenoxy) is 3. The summed E-state index contributed by atoms with van der Waals surface area (Å²) in [6.45, 7) is 2.25. The molecule has 0 spiro atoms. The third kappa shape index (κ3) is 2.75. The molecule has 0 amide bonds. The maximum atomic E-state index is 13.9. The molecular formula is C23H28FNO3. The van der Waals surface area contributed by atoms with Gasteiger partial charge in [-0.3, -0.25) is 4.90 Å². The van der Waals surface area contributed by atoms with Crippen LogP contribution in [-0.2, 0) is 6.42 Å². The molecule has 2 aliphatic rings. The highest BCUT2D eigenvalue weighted by molar-refractivity contribution is 5.60. The molecule has 0 saturated carbocycles. The van der Waals surface area contributed by atoms with Crippen LogP contribution in [0.1, 0.15) is 42.0 Å². The molecule has 2 aromatic rings. The van der Waals surface area contributed by atoms with Gasteiger partial charge >= 0.3 is 0 Å². The number of hydrogen-bond donors (Lipinski definition) is 0. The Kier molecular flexibility index (Phi) is 4.96. The minimum atomic E-state index is -0.179. The number of rotatable bonds is 4. The maximum absolute atomic E-state index is 13.9. The van der Waals surface area contributed by atoms with Crippen molar-refractivity contribution < 1.29 is 18.6 Å². The number of benzene rings is 2. The Balaban J connectivity index is 1.86. The average molecular weight is 385 g/mol. The molecule has 5 heteroatoms. The van der Waals surface area contributed by atoms with E-state index >= 15 is 0 Å². The maximum Gasteiger partial charge on any atom is 0.164 e. The van der Waals surface area contributed by atoms with Crippen molar-refractivity contribution in [3.05, 3.63) is 52.8 Å². The Hall–Kier alpha value is -2.27. The lowest BCUT2D eigenvalue weighted by atomic mass is 9.71. The summed E-state index contributed by atoms with van der Waals surface area (Å²) in [5, 5.41) is 0. The Morgan fingerprint density at radius 2 is 1.79 bits per heavy atom. The molecule has 0 aromatic heterocycles. The van der Waals surface area contributed by atoms with Gasteiger partial charge in [-0.1, -0.05) is 12.1 Å². The normalized spacial score (nSPS) is 26.5. The number of nitrogens with zero attached hydrogens (tertiary/aromatic N) is 1. The molecule has 1 fully saturated rings. The van der Waals surface area contributed by atoms with Crippen LogP contribution in [-0.4, -0.2) is 39.3 Å². The van der Waals surface area contributed by atoms with E-state index in [1.807, 2.05) is 18.2 Å². The molecule has 4 atom stereocenters. The van der Waals surface area contributed by atoms with Crippen molar-refractivity contribution in [3.8, 4) is 17.2 Å². The number of methoxy groups -OCH3 is 3. The number of hydrogen-bond acceptors (Lipinski definition) is 4. The molecule has 4 nitrogen and oxygen atoms in total. The summed E-state index contributed by atoms with van der Waals surface area (Å²) in [6, 6.07) is 9.45. The lowest BCUT2D eigenvalue weighted by molar-refractivity contribution is 0.232. The van der Waals surface area contributed by atoms with Crippen molar-refractivity contribution in [3.63, 3.8) is 0 Å². The Morgan fingerprint density at radius 1 is 1.04 bits per heavy atom. The summed E-state index contributed by atoms with van der Waals surface area (Å²) in [7, 11) is 7.20. The van der Waals surface area contributed by atoms with Crippen LogP contribution in [0.2, 0.25) is 0 Å². The fourth-order valence-corrected chi connectivity index (χ4v) is 5.48. The molecule has 2 aromatic carbocycles. The third-order valence-corrected chi connectivity index (χ3v) is 6.71. The molecule has 28 heavy (non-hydrogen) atoms. The predicted molar refractivity (Wildman–Crippen MR) is 107 cm³/mol. The van der Waals surface area contributed by atoms with E-state index in [1.165, 1.54) is 17.2 Å². The van der Waals surface area contributed by atoms with Crippen LogP contribution >= 0.6 is 0 Å². The van der Waals surface area contributed by atoms with Gasteiger partial charge in [-0.25, -0.2) is 4.39 Å². The van der Waals surface area contributed by atoms with Crippen LogP contribution in [0.4, 0.5) is 4.39 Å². The van der Waals surface area contributed by atoms with Crippen molar-refractivity contribution in [2.45, 2.75) is 37.8 Å².